The molecule has 4 nitrogen and oxygen atoms in total. The molecule has 1 aliphatic rings. The Morgan fingerprint density at radius 3 is 2.25 bits per heavy atom. The lowest BCUT2D eigenvalue weighted by atomic mass is 10.0. The standard InChI is InChI=1S/C23H17ClN2O2/c1-15-8-5-6-13-19(15)25-21-20(16-9-3-2-4-10-16)22(27)26(23(21)28)18-12-7-11-17(24)14-18/h2-14,25H,1H3. The van der Waals surface area contributed by atoms with Crippen LogP contribution < -0.4 is 10.2 Å². The number of carbonyl (C=O) groups is 2. The number of rotatable bonds is 4. The van der Waals surface area contributed by atoms with Crippen LogP contribution in [0.25, 0.3) is 5.57 Å². The van der Waals surface area contributed by atoms with Crippen molar-refractivity contribution in [3.8, 4) is 0 Å². The third kappa shape index (κ3) is 3.19. The van der Waals surface area contributed by atoms with Crippen molar-refractivity contribution in [2.75, 3.05) is 10.2 Å². The van der Waals surface area contributed by atoms with Crippen molar-refractivity contribution >= 4 is 40.4 Å². The van der Waals surface area contributed by atoms with E-state index >= 15 is 0 Å². The summed E-state index contributed by atoms with van der Waals surface area (Å²) >= 11 is 6.08. The van der Waals surface area contributed by atoms with Gasteiger partial charge in [0.1, 0.15) is 5.70 Å². The number of anilines is 2. The van der Waals surface area contributed by atoms with Crippen LogP contribution in [0.3, 0.4) is 0 Å². The maximum absolute atomic E-state index is 13.3. The summed E-state index contributed by atoms with van der Waals surface area (Å²) in [5, 5.41) is 3.64. The lowest BCUT2D eigenvalue weighted by Crippen LogP contribution is -2.32. The van der Waals surface area contributed by atoms with Gasteiger partial charge in [0.2, 0.25) is 0 Å². The Labute approximate surface area is 168 Å². The van der Waals surface area contributed by atoms with Crippen LogP contribution in [0.5, 0.6) is 0 Å². The Hall–Kier alpha value is -3.37. The number of carbonyl (C=O) groups excluding carboxylic acids is 2. The summed E-state index contributed by atoms with van der Waals surface area (Å²) in [7, 11) is 0. The average Bonchev–Trinajstić information content (AvgIpc) is 2.94. The molecular weight excluding hydrogens is 372 g/mol. The molecule has 0 unspecified atom stereocenters. The van der Waals surface area contributed by atoms with Gasteiger partial charge in [-0.25, -0.2) is 4.90 Å². The number of benzene rings is 3. The molecule has 0 aliphatic carbocycles. The van der Waals surface area contributed by atoms with E-state index in [1.165, 1.54) is 0 Å². The first-order valence-corrected chi connectivity index (χ1v) is 9.21. The van der Waals surface area contributed by atoms with Crippen molar-refractivity contribution in [3.63, 3.8) is 0 Å². The molecule has 5 heteroatoms. The molecule has 1 heterocycles. The molecule has 28 heavy (non-hydrogen) atoms. The van der Waals surface area contributed by atoms with Gasteiger partial charge in [-0.2, -0.15) is 0 Å². The minimum atomic E-state index is -0.408. The molecule has 2 amide bonds. The van der Waals surface area contributed by atoms with E-state index in [1.54, 1.807) is 24.3 Å². The number of hydrogen-bond acceptors (Lipinski definition) is 3. The van der Waals surface area contributed by atoms with Crippen LogP contribution in [0.1, 0.15) is 11.1 Å². The Morgan fingerprint density at radius 1 is 0.821 bits per heavy atom. The van der Waals surface area contributed by atoms with Crippen LogP contribution in [0, 0.1) is 6.92 Å². The molecule has 0 atom stereocenters. The smallest absolute Gasteiger partial charge is 0.282 e. The van der Waals surface area contributed by atoms with Gasteiger partial charge >= 0.3 is 0 Å². The molecule has 0 bridgehead atoms. The molecule has 0 saturated heterocycles. The van der Waals surface area contributed by atoms with Gasteiger partial charge < -0.3 is 5.32 Å². The third-order valence-corrected chi connectivity index (χ3v) is 4.85. The zero-order chi connectivity index (χ0) is 19.7. The first-order valence-electron chi connectivity index (χ1n) is 8.83. The van der Waals surface area contributed by atoms with E-state index in [1.807, 2.05) is 61.5 Å². The molecule has 0 saturated carbocycles. The summed E-state index contributed by atoms with van der Waals surface area (Å²) in [6.07, 6.45) is 0. The number of imide groups is 1. The van der Waals surface area contributed by atoms with Crippen LogP contribution >= 0.6 is 11.6 Å². The summed E-state index contributed by atoms with van der Waals surface area (Å²) in [5.74, 6) is -0.788. The quantitative estimate of drug-likeness (QED) is 0.636. The predicted octanol–water partition coefficient (Wildman–Crippen LogP) is 5.05. The second kappa shape index (κ2) is 7.33. The van der Waals surface area contributed by atoms with Gasteiger partial charge in [-0.1, -0.05) is 66.2 Å². The predicted molar refractivity (Wildman–Crippen MR) is 112 cm³/mol. The van der Waals surface area contributed by atoms with E-state index in [0.717, 1.165) is 16.2 Å². The van der Waals surface area contributed by atoms with Crippen LogP contribution in [-0.4, -0.2) is 11.8 Å². The highest BCUT2D eigenvalue weighted by atomic mass is 35.5. The van der Waals surface area contributed by atoms with Crippen LogP contribution in [0.4, 0.5) is 11.4 Å². The van der Waals surface area contributed by atoms with Crippen molar-refractivity contribution in [1.82, 2.24) is 0 Å². The maximum Gasteiger partial charge on any atom is 0.282 e. The van der Waals surface area contributed by atoms with Crippen molar-refractivity contribution in [2.24, 2.45) is 0 Å². The van der Waals surface area contributed by atoms with Crippen LogP contribution in [-0.2, 0) is 9.59 Å². The molecule has 0 radical (unpaired) electrons. The number of hydrogen-bond donors (Lipinski definition) is 1. The number of halogens is 1. The van der Waals surface area contributed by atoms with E-state index < -0.39 is 5.91 Å². The van der Waals surface area contributed by atoms with E-state index in [4.69, 9.17) is 11.6 Å². The number of amides is 2. The van der Waals surface area contributed by atoms with Crippen molar-refractivity contribution in [1.29, 1.82) is 0 Å². The maximum atomic E-state index is 13.3. The lowest BCUT2D eigenvalue weighted by molar-refractivity contribution is -0.120. The molecular formula is C23H17ClN2O2. The molecule has 3 aromatic rings. The van der Waals surface area contributed by atoms with Gasteiger partial charge in [0, 0.05) is 10.7 Å². The Kier molecular flexibility index (Phi) is 4.72. The summed E-state index contributed by atoms with van der Waals surface area (Å²) in [6.45, 7) is 1.95. The van der Waals surface area contributed by atoms with Crippen molar-refractivity contribution in [3.05, 3.63) is 101 Å². The van der Waals surface area contributed by atoms with Crippen molar-refractivity contribution in [2.45, 2.75) is 6.92 Å². The van der Waals surface area contributed by atoms with E-state index in [2.05, 4.69) is 5.32 Å². The monoisotopic (exact) mass is 388 g/mol. The van der Waals surface area contributed by atoms with Gasteiger partial charge in [0.15, 0.2) is 0 Å². The normalized spacial score (nSPS) is 14.0. The topological polar surface area (TPSA) is 49.4 Å². The zero-order valence-corrected chi connectivity index (χ0v) is 15.9. The Morgan fingerprint density at radius 2 is 1.54 bits per heavy atom. The Balaban J connectivity index is 1.84. The van der Waals surface area contributed by atoms with Gasteiger partial charge in [-0.05, 0) is 42.3 Å². The molecule has 1 N–H and O–H groups in total. The van der Waals surface area contributed by atoms with Gasteiger partial charge in [0.05, 0.1) is 11.3 Å². The number of aryl methyl sites for hydroxylation is 1. The fourth-order valence-electron chi connectivity index (χ4n) is 3.22. The number of para-hydroxylation sites is 1. The number of nitrogens with one attached hydrogen (secondary N) is 1. The molecule has 138 valence electrons. The fourth-order valence-corrected chi connectivity index (χ4v) is 3.40. The van der Waals surface area contributed by atoms with Gasteiger partial charge in [-0.3, -0.25) is 9.59 Å². The number of nitrogens with zero attached hydrogens (tertiary/aromatic N) is 1. The summed E-state index contributed by atoms with van der Waals surface area (Å²) < 4.78 is 0. The van der Waals surface area contributed by atoms with E-state index in [0.29, 0.717) is 21.8 Å². The Bertz CT molecular complexity index is 1110. The van der Waals surface area contributed by atoms with Crippen LogP contribution in [0.2, 0.25) is 5.02 Å². The van der Waals surface area contributed by atoms with Gasteiger partial charge in [-0.15, -0.1) is 0 Å². The first kappa shape index (κ1) is 18.0. The van der Waals surface area contributed by atoms with E-state index in [-0.39, 0.29) is 11.6 Å². The minimum Gasteiger partial charge on any atom is -0.350 e. The highest BCUT2D eigenvalue weighted by molar-refractivity contribution is 6.46. The molecule has 0 spiro atoms. The summed E-state index contributed by atoms with van der Waals surface area (Å²) in [4.78, 5) is 27.7. The lowest BCUT2D eigenvalue weighted by Gasteiger charge is -2.16. The second-order valence-corrected chi connectivity index (χ2v) is 6.92. The highest BCUT2D eigenvalue weighted by Gasteiger charge is 2.40. The molecule has 3 aromatic carbocycles. The van der Waals surface area contributed by atoms with Crippen LogP contribution in [0.15, 0.2) is 84.6 Å². The molecule has 4 rings (SSSR count). The average molecular weight is 389 g/mol. The third-order valence-electron chi connectivity index (χ3n) is 4.62. The second-order valence-electron chi connectivity index (χ2n) is 6.48. The molecule has 1 aliphatic heterocycles. The summed E-state index contributed by atoms with van der Waals surface area (Å²) in [5.41, 5.74) is 3.47. The van der Waals surface area contributed by atoms with Gasteiger partial charge in [0.25, 0.3) is 11.8 Å². The largest absolute Gasteiger partial charge is 0.350 e. The molecule has 0 aromatic heterocycles. The summed E-state index contributed by atoms with van der Waals surface area (Å²) in [6, 6.07) is 23.5. The minimum absolute atomic E-state index is 0.255. The first-order chi connectivity index (χ1) is 13.6. The molecule has 0 fully saturated rings. The highest BCUT2D eigenvalue weighted by Crippen LogP contribution is 2.34. The van der Waals surface area contributed by atoms with Crippen molar-refractivity contribution < 1.29 is 9.59 Å². The van der Waals surface area contributed by atoms with E-state index in [9.17, 15) is 9.59 Å². The zero-order valence-electron chi connectivity index (χ0n) is 15.1. The SMILES string of the molecule is Cc1ccccc1NC1=C(c2ccccc2)C(=O)N(c2cccc(Cl)c2)C1=O. The fraction of sp³-hybridized carbons (Fsp3) is 0.0435.